The Morgan fingerprint density at radius 1 is 1.32 bits per heavy atom. The van der Waals surface area contributed by atoms with Crippen molar-refractivity contribution < 1.29 is 0 Å². The molecule has 0 saturated heterocycles. The number of fused-ring (bicyclic) bond motifs is 1. The Labute approximate surface area is 131 Å². The lowest BCUT2D eigenvalue weighted by Crippen LogP contribution is -2.14. The topological polar surface area (TPSA) is 82.4 Å². The highest BCUT2D eigenvalue weighted by molar-refractivity contribution is 7.98. The van der Waals surface area contributed by atoms with Crippen LogP contribution in [0.15, 0.2) is 40.4 Å². The molecule has 1 N–H and O–H groups in total. The van der Waals surface area contributed by atoms with Gasteiger partial charge in [-0.25, -0.2) is 4.98 Å². The Kier molecular flexibility index (Phi) is 3.65. The van der Waals surface area contributed by atoms with E-state index in [0.717, 1.165) is 22.0 Å². The van der Waals surface area contributed by atoms with Crippen LogP contribution in [0.3, 0.4) is 0 Å². The Bertz CT molecular complexity index is 972. The van der Waals surface area contributed by atoms with E-state index in [1.165, 1.54) is 11.8 Å². The SMILES string of the molecule is CSc1nc(-c2ccc(C)c3ncccc23)c(C#N)c(=O)[nH]1. The summed E-state index contributed by atoms with van der Waals surface area (Å²) in [4.78, 5) is 23.5. The highest BCUT2D eigenvalue weighted by Crippen LogP contribution is 2.30. The number of hydrogen-bond acceptors (Lipinski definition) is 5. The van der Waals surface area contributed by atoms with Gasteiger partial charge in [-0.15, -0.1) is 0 Å². The summed E-state index contributed by atoms with van der Waals surface area (Å²) < 4.78 is 0. The van der Waals surface area contributed by atoms with E-state index in [1.54, 1.807) is 6.20 Å². The normalized spacial score (nSPS) is 10.6. The number of aryl methyl sites for hydroxylation is 1. The van der Waals surface area contributed by atoms with Crippen molar-refractivity contribution in [3.8, 4) is 17.3 Å². The number of nitrogens with one attached hydrogen (secondary N) is 1. The van der Waals surface area contributed by atoms with Crippen LogP contribution in [0.1, 0.15) is 11.1 Å². The second-order valence-corrected chi connectivity index (χ2v) is 5.54. The van der Waals surface area contributed by atoms with E-state index in [-0.39, 0.29) is 5.56 Å². The minimum Gasteiger partial charge on any atom is -0.300 e. The summed E-state index contributed by atoms with van der Waals surface area (Å²) in [6, 6.07) is 9.52. The van der Waals surface area contributed by atoms with E-state index in [0.29, 0.717) is 10.9 Å². The van der Waals surface area contributed by atoms with Gasteiger partial charge in [-0.2, -0.15) is 5.26 Å². The van der Waals surface area contributed by atoms with Gasteiger partial charge in [-0.05, 0) is 24.8 Å². The molecule has 2 aromatic heterocycles. The third kappa shape index (κ3) is 2.26. The first-order chi connectivity index (χ1) is 10.7. The number of pyridine rings is 1. The van der Waals surface area contributed by atoms with Gasteiger partial charge in [0.1, 0.15) is 11.6 Å². The van der Waals surface area contributed by atoms with Crippen LogP contribution in [0.4, 0.5) is 0 Å². The number of thioether (sulfide) groups is 1. The van der Waals surface area contributed by atoms with Crippen LogP contribution in [0.25, 0.3) is 22.2 Å². The minimum absolute atomic E-state index is 0.0202. The van der Waals surface area contributed by atoms with Crippen molar-refractivity contribution in [2.24, 2.45) is 0 Å². The monoisotopic (exact) mass is 308 g/mol. The lowest BCUT2D eigenvalue weighted by atomic mass is 10.00. The van der Waals surface area contributed by atoms with Crippen molar-refractivity contribution in [2.75, 3.05) is 6.26 Å². The van der Waals surface area contributed by atoms with Crippen molar-refractivity contribution >= 4 is 22.7 Å². The number of nitriles is 1. The maximum absolute atomic E-state index is 12.1. The minimum atomic E-state index is -0.422. The number of H-pyrrole nitrogens is 1. The van der Waals surface area contributed by atoms with E-state index < -0.39 is 5.56 Å². The van der Waals surface area contributed by atoms with E-state index in [9.17, 15) is 10.1 Å². The lowest BCUT2D eigenvalue weighted by Gasteiger charge is -2.09. The molecule has 2 heterocycles. The molecule has 0 aliphatic heterocycles. The molecule has 0 aliphatic rings. The zero-order chi connectivity index (χ0) is 15.7. The first-order valence-electron chi connectivity index (χ1n) is 6.59. The number of benzene rings is 1. The molecular formula is C16H12N4OS. The first kappa shape index (κ1) is 14.3. The molecule has 0 bridgehead atoms. The van der Waals surface area contributed by atoms with Crippen LogP contribution in [0.5, 0.6) is 0 Å². The van der Waals surface area contributed by atoms with E-state index in [2.05, 4.69) is 15.0 Å². The summed E-state index contributed by atoms with van der Waals surface area (Å²) in [5, 5.41) is 10.7. The third-order valence-corrected chi connectivity index (χ3v) is 4.01. The highest BCUT2D eigenvalue weighted by Gasteiger charge is 2.16. The summed E-state index contributed by atoms with van der Waals surface area (Å²) in [6.07, 6.45) is 3.55. The molecule has 1 aromatic carbocycles. The van der Waals surface area contributed by atoms with Gasteiger partial charge in [0.2, 0.25) is 0 Å². The van der Waals surface area contributed by atoms with Crippen LogP contribution in [-0.2, 0) is 0 Å². The van der Waals surface area contributed by atoms with Gasteiger partial charge in [0.15, 0.2) is 5.16 Å². The van der Waals surface area contributed by atoms with Gasteiger partial charge in [0.05, 0.1) is 11.2 Å². The second kappa shape index (κ2) is 5.62. The van der Waals surface area contributed by atoms with Crippen molar-refractivity contribution in [1.29, 1.82) is 5.26 Å². The molecule has 0 atom stereocenters. The summed E-state index contributed by atoms with van der Waals surface area (Å²) in [6.45, 7) is 1.98. The predicted octanol–water partition coefficient (Wildman–Crippen LogP) is 2.89. The van der Waals surface area contributed by atoms with Crippen LogP contribution in [0.2, 0.25) is 0 Å². The molecule has 3 aromatic rings. The summed E-state index contributed by atoms with van der Waals surface area (Å²) >= 11 is 1.33. The molecule has 0 radical (unpaired) electrons. The van der Waals surface area contributed by atoms with Crippen LogP contribution >= 0.6 is 11.8 Å². The number of aromatic amines is 1. The van der Waals surface area contributed by atoms with Gasteiger partial charge in [-0.1, -0.05) is 30.0 Å². The molecule has 3 rings (SSSR count). The molecule has 5 nitrogen and oxygen atoms in total. The molecule has 0 saturated carbocycles. The van der Waals surface area contributed by atoms with Gasteiger partial charge >= 0.3 is 0 Å². The molecule has 22 heavy (non-hydrogen) atoms. The molecule has 6 heteroatoms. The molecule has 0 unspecified atom stereocenters. The van der Waals surface area contributed by atoms with Crippen molar-refractivity contribution in [2.45, 2.75) is 12.1 Å². The average molecular weight is 308 g/mol. The van der Waals surface area contributed by atoms with E-state index in [4.69, 9.17) is 0 Å². The fraction of sp³-hybridized carbons (Fsp3) is 0.125. The fourth-order valence-electron chi connectivity index (χ4n) is 2.37. The van der Waals surface area contributed by atoms with Gasteiger partial charge < -0.3 is 4.98 Å². The maximum Gasteiger partial charge on any atom is 0.270 e. The Balaban J connectivity index is 2.43. The van der Waals surface area contributed by atoms with Gasteiger partial charge in [0, 0.05) is 17.1 Å². The molecule has 0 fully saturated rings. The predicted molar refractivity (Wildman–Crippen MR) is 86.8 cm³/mol. The summed E-state index contributed by atoms with van der Waals surface area (Å²) in [7, 11) is 0. The van der Waals surface area contributed by atoms with E-state index in [1.807, 2.05) is 43.5 Å². The Hall–Kier alpha value is -2.65. The molecule has 0 amide bonds. The molecule has 0 spiro atoms. The zero-order valence-corrected chi connectivity index (χ0v) is 12.9. The highest BCUT2D eigenvalue weighted by atomic mass is 32.2. The van der Waals surface area contributed by atoms with Gasteiger partial charge in [-0.3, -0.25) is 9.78 Å². The second-order valence-electron chi connectivity index (χ2n) is 4.74. The van der Waals surface area contributed by atoms with Crippen molar-refractivity contribution in [3.05, 3.63) is 51.9 Å². The number of aromatic nitrogens is 3. The smallest absolute Gasteiger partial charge is 0.270 e. The van der Waals surface area contributed by atoms with Crippen molar-refractivity contribution in [1.82, 2.24) is 15.0 Å². The van der Waals surface area contributed by atoms with E-state index >= 15 is 0 Å². The largest absolute Gasteiger partial charge is 0.300 e. The number of rotatable bonds is 2. The zero-order valence-electron chi connectivity index (χ0n) is 12.0. The molecule has 0 aliphatic carbocycles. The molecular weight excluding hydrogens is 296 g/mol. The van der Waals surface area contributed by atoms with Crippen molar-refractivity contribution in [3.63, 3.8) is 0 Å². The fourth-order valence-corrected chi connectivity index (χ4v) is 2.75. The van der Waals surface area contributed by atoms with Crippen LogP contribution in [-0.4, -0.2) is 21.2 Å². The Morgan fingerprint density at radius 3 is 2.86 bits per heavy atom. The van der Waals surface area contributed by atoms with Crippen LogP contribution < -0.4 is 5.56 Å². The molecule has 108 valence electrons. The summed E-state index contributed by atoms with van der Waals surface area (Å²) in [5.41, 5.74) is 2.62. The average Bonchev–Trinajstić information content (AvgIpc) is 2.55. The number of nitrogens with zero attached hydrogens (tertiary/aromatic N) is 3. The standard InChI is InChI=1S/C16H12N4OS/c1-9-5-6-11(10-4-3-7-18-13(9)10)14-12(8-17)15(21)20-16(19-14)22-2/h3-7H,1-2H3,(H,19,20,21). The number of hydrogen-bond donors (Lipinski definition) is 1. The quantitative estimate of drug-likeness (QED) is 0.581. The summed E-state index contributed by atoms with van der Waals surface area (Å²) in [5.74, 6) is 0. The van der Waals surface area contributed by atoms with Crippen LogP contribution in [0, 0.1) is 18.3 Å². The Morgan fingerprint density at radius 2 is 2.14 bits per heavy atom. The maximum atomic E-state index is 12.1. The third-order valence-electron chi connectivity index (χ3n) is 3.43. The van der Waals surface area contributed by atoms with Gasteiger partial charge in [0.25, 0.3) is 5.56 Å². The lowest BCUT2D eigenvalue weighted by molar-refractivity contribution is 0.938. The first-order valence-corrected chi connectivity index (χ1v) is 7.81.